The topological polar surface area (TPSA) is 51.2 Å². The molecule has 94 valence electrons. The van der Waals surface area contributed by atoms with Crippen LogP contribution in [0.5, 0.6) is 5.75 Å². The standard InChI is InChI=1S/C13H13ClN2O2/c1-8(17)16-12-5-11-10(4-13(12)18-2)3-9(6-14)7-15-11/h3-5,7H,6H2,1-2H3,(H,16,17). The van der Waals surface area contributed by atoms with E-state index in [1.54, 1.807) is 19.4 Å². The molecule has 0 unspecified atom stereocenters. The van der Waals surface area contributed by atoms with Gasteiger partial charge in [-0.05, 0) is 23.8 Å². The van der Waals surface area contributed by atoms with Crippen LogP contribution in [0.25, 0.3) is 10.9 Å². The van der Waals surface area contributed by atoms with Crippen molar-refractivity contribution in [3.63, 3.8) is 0 Å². The monoisotopic (exact) mass is 264 g/mol. The smallest absolute Gasteiger partial charge is 0.221 e. The van der Waals surface area contributed by atoms with Gasteiger partial charge in [-0.3, -0.25) is 9.78 Å². The number of benzene rings is 1. The summed E-state index contributed by atoms with van der Waals surface area (Å²) in [6.45, 7) is 1.45. The number of nitrogens with one attached hydrogen (secondary N) is 1. The number of fused-ring (bicyclic) bond motifs is 1. The molecule has 1 aromatic carbocycles. The van der Waals surface area contributed by atoms with Crippen LogP contribution in [0.4, 0.5) is 5.69 Å². The Bertz CT molecular complexity index is 599. The van der Waals surface area contributed by atoms with Crippen LogP contribution in [0.1, 0.15) is 12.5 Å². The number of carbonyl (C=O) groups excluding carboxylic acids is 1. The third-order valence-electron chi connectivity index (χ3n) is 2.52. The Balaban J connectivity index is 2.56. The first-order valence-electron chi connectivity index (χ1n) is 5.44. The van der Waals surface area contributed by atoms with Gasteiger partial charge >= 0.3 is 0 Å². The number of amides is 1. The summed E-state index contributed by atoms with van der Waals surface area (Å²) >= 11 is 5.77. The predicted molar refractivity (Wildman–Crippen MR) is 72.2 cm³/mol. The summed E-state index contributed by atoms with van der Waals surface area (Å²) in [6.07, 6.45) is 1.72. The molecule has 18 heavy (non-hydrogen) atoms. The number of methoxy groups -OCH3 is 1. The highest BCUT2D eigenvalue weighted by molar-refractivity contribution is 6.17. The maximum Gasteiger partial charge on any atom is 0.221 e. The van der Waals surface area contributed by atoms with Crippen LogP contribution in [0.2, 0.25) is 0 Å². The second-order valence-electron chi connectivity index (χ2n) is 3.90. The molecule has 1 aromatic heterocycles. The Hall–Kier alpha value is -1.81. The molecule has 1 heterocycles. The number of pyridine rings is 1. The van der Waals surface area contributed by atoms with Crippen molar-refractivity contribution in [1.82, 2.24) is 4.98 Å². The first-order valence-corrected chi connectivity index (χ1v) is 5.97. The van der Waals surface area contributed by atoms with Crippen molar-refractivity contribution in [2.24, 2.45) is 0 Å². The summed E-state index contributed by atoms with van der Waals surface area (Å²) < 4.78 is 5.25. The first kappa shape index (κ1) is 12.6. The number of anilines is 1. The SMILES string of the molecule is COc1cc2cc(CCl)cnc2cc1NC(C)=O. The Kier molecular flexibility index (Phi) is 3.67. The molecule has 0 saturated carbocycles. The highest BCUT2D eigenvalue weighted by atomic mass is 35.5. The average molecular weight is 265 g/mol. The van der Waals surface area contributed by atoms with E-state index in [1.165, 1.54) is 6.92 Å². The lowest BCUT2D eigenvalue weighted by molar-refractivity contribution is -0.114. The number of nitrogens with zero attached hydrogens (tertiary/aromatic N) is 1. The fourth-order valence-corrected chi connectivity index (χ4v) is 1.88. The summed E-state index contributed by atoms with van der Waals surface area (Å²) in [5, 5.41) is 3.64. The zero-order chi connectivity index (χ0) is 13.1. The summed E-state index contributed by atoms with van der Waals surface area (Å²) in [5.74, 6) is 0.870. The molecular formula is C13H13ClN2O2. The molecule has 2 aromatic rings. The molecule has 1 N–H and O–H groups in total. The van der Waals surface area contributed by atoms with Crippen LogP contribution in [-0.4, -0.2) is 18.0 Å². The van der Waals surface area contributed by atoms with Crippen LogP contribution in [-0.2, 0) is 10.7 Å². The number of alkyl halides is 1. The molecule has 0 aliphatic rings. The van der Waals surface area contributed by atoms with Gasteiger partial charge in [0.05, 0.1) is 18.3 Å². The van der Waals surface area contributed by atoms with E-state index in [9.17, 15) is 4.79 Å². The third-order valence-corrected chi connectivity index (χ3v) is 2.83. The Morgan fingerprint density at radius 1 is 1.44 bits per heavy atom. The second-order valence-corrected chi connectivity index (χ2v) is 4.17. The van der Waals surface area contributed by atoms with Gasteiger partial charge in [0.1, 0.15) is 5.75 Å². The molecule has 0 fully saturated rings. The molecule has 0 aliphatic carbocycles. The van der Waals surface area contributed by atoms with Crippen molar-refractivity contribution in [3.05, 3.63) is 30.0 Å². The van der Waals surface area contributed by atoms with Gasteiger partial charge in [0.15, 0.2) is 0 Å². The van der Waals surface area contributed by atoms with Gasteiger partial charge in [-0.15, -0.1) is 11.6 Å². The summed E-state index contributed by atoms with van der Waals surface area (Å²) in [6, 6.07) is 5.58. The van der Waals surface area contributed by atoms with Crippen molar-refractivity contribution in [2.75, 3.05) is 12.4 Å². The maximum atomic E-state index is 11.1. The van der Waals surface area contributed by atoms with E-state index in [4.69, 9.17) is 16.3 Å². The second kappa shape index (κ2) is 5.23. The molecule has 4 nitrogen and oxygen atoms in total. The van der Waals surface area contributed by atoms with Crippen LogP contribution < -0.4 is 10.1 Å². The van der Waals surface area contributed by atoms with Crippen molar-refractivity contribution >= 4 is 34.1 Å². The fraction of sp³-hybridized carbons (Fsp3) is 0.231. The van der Waals surface area contributed by atoms with E-state index < -0.39 is 0 Å². The zero-order valence-corrected chi connectivity index (χ0v) is 10.9. The molecule has 0 aliphatic heterocycles. The lowest BCUT2D eigenvalue weighted by Crippen LogP contribution is -2.07. The van der Waals surface area contributed by atoms with E-state index in [0.717, 1.165) is 16.5 Å². The Labute approximate surface area is 110 Å². The van der Waals surface area contributed by atoms with Gasteiger partial charge in [-0.25, -0.2) is 0 Å². The van der Waals surface area contributed by atoms with Gasteiger partial charge in [-0.1, -0.05) is 0 Å². The number of hydrogen-bond donors (Lipinski definition) is 1. The normalized spacial score (nSPS) is 10.4. The molecular weight excluding hydrogens is 252 g/mol. The molecule has 1 amide bonds. The van der Waals surface area contributed by atoms with Gasteiger partial charge in [0.25, 0.3) is 0 Å². The van der Waals surface area contributed by atoms with E-state index in [2.05, 4.69) is 10.3 Å². The third kappa shape index (κ3) is 2.54. The zero-order valence-electron chi connectivity index (χ0n) is 10.2. The lowest BCUT2D eigenvalue weighted by Gasteiger charge is -2.10. The van der Waals surface area contributed by atoms with Crippen LogP contribution in [0.3, 0.4) is 0 Å². The quantitative estimate of drug-likeness (QED) is 0.867. The van der Waals surface area contributed by atoms with E-state index in [0.29, 0.717) is 17.3 Å². The average Bonchev–Trinajstić information content (AvgIpc) is 2.36. The number of ether oxygens (including phenoxy) is 1. The van der Waals surface area contributed by atoms with Crippen molar-refractivity contribution in [2.45, 2.75) is 12.8 Å². The van der Waals surface area contributed by atoms with E-state index in [1.807, 2.05) is 12.1 Å². The largest absolute Gasteiger partial charge is 0.495 e. The highest BCUT2D eigenvalue weighted by Crippen LogP contribution is 2.29. The lowest BCUT2D eigenvalue weighted by atomic mass is 10.1. The molecule has 0 radical (unpaired) electrons. The van der Waals surface area contributed by atoms with Gasteiger partial charge < -0.3 is 10.1 Å². The van der Waals surface area contributed by atoms with E-state index in [-0.39, 0.29) is 5.91 Å². The van der Waals surface area contributed by atoms with Crippen molar-refractivity contribution in [1.29, 1.82) is 0 Å². The number of hydrogen-bond acceptors (Lipinski definition) is 3. The first-order chi connectivity index (χ1) is 8.63. The Morgan fingerprint density at radius 3 is 2.83 bits per heavy atom. The minimum Gasteiger partial charge on any atom is -0.495 e. The maximum absolute atomic E-state index is 11.1. The molecule has 0 atom stereocenters. The van der Waals surface area contributed by atoms with E-state index >= 15 is 0 Å². The molecule has 2 rings (SSSR count). The highest BCUT2D eigenvalue weighted by Gasteiger charge is 2.08. The summed E-state index contributed by atoms with van der Waals surface area (Å²) in [5.41, 5.74) is 2.34. The van der Waals surface area contributed by atoms with Crippen LogP contribution >= 0.6 is 11.6 Å². The van der Waals surface area contributed by atoms with Gasteiger partial charge in [0.2, 0.25) is 5.91 Å². The van der Waals surface area contributed by atoms with Gasteiger partial charge in [-0.2, -0.15) is 0 Å². The van der Waals surface area contributed by atoms with Crippen molar-refractivity contribution < 1.29 is 9.53 Å². The summed E-state index contributed by atoms with van der Waals surface area (Å²) in [7, 11) is 1.56. The van der Waals surface area contributed by atoms with Crippen molar-refractivity contribution in [3.8, 4) is 5.75 Å². The Morgan fingerprint density at radius 2 is 2.22 bits per heavy atom. The number of rotatable bonds is 3. The number of carbonyl (C=O) groups is 1. The van der Waals surface area contributed by atoms with Crippen LogP contribution in [0, 0.1) is 0 Å². The number of halogens is 1. The predicted octanol–water partition coefficient (Wildman–Crippen LogP) is 2.94. The fourth-order valence-electron chi connectivity index (χ4n) is 1.73. The summed E-state index contributed by atoms with van der Waals surface area (Å²) in [4.78, 5) is 15.4. The number of aromatic nitrogens is 1. The molecule has 5 heteroatoms. The minimum atomic E-state index is -0.148. The molecule has 0 bridgehead atoms. The molecule has 0 saturated heterocycles. The van der Waals surface area contributed by atoms with Gasteiger partial charge in [0, 0.05) is 24.4 Å². The minimum absolute atomic E-state index is 0.148. The molecule has 0 spiro atoms. The van der Waals surface area contributed by atoms with Crippen LogP contribution in [0.15, 0.2) is 24.4 Å².